The van der Waals surface area contributed by atoms with Crippen molar-refractivity contribution in [1.82, 2.24) is 0 Å². The minimum absolute atomic E-state index is 0.106. The van der Waals surface area contributed by atoms with Crippen LogP contribution in [0.25, 0.3) is 0 Å². The number of unbranched alkanes of at least 4 members (excludes halogenated alkanes) is 53. The molecule has 3 unspecified atom stereocenters. The van der Waals surface area contributed by atoms with Gasteiger partial charge in [-0.1, -0.05) is 401 Å². The van der Waals surface area contributed by atoms with Gasteiger partial charge in [-0.2, -0.15) is 0 Å². The largest absolute Gasteiger partial charge is 0.472 e. The summed E-state index contributed by atoms with van der Waals surface area (Å²) < 4.78 is 68.9. The van der Waals surface area contributed by atoms with Gasteiger partial charge >= 0.3 is 39.5 Å². The molecule has 104 heavy (non-hydrogen) atoms. The molecule has 0 rings (SSSR count). The Bertz CT molecular complexity index is 2000. The molecule has 618 valence electrons. The molecule has 0 amide bonds. The third-order valence-corrected chi connectivity index (χ3v) is 22.2. The summed E-state index contributed by atoms with van der Waals surface area (Å²) in [5.74, 6) is -0.558. The van der Waals surface area contributed by atoms with Crippen molar-refractivity contribution in [2.75, 3.05) is 39.6 Å². The second-order valence-electron chi connectivity index (χ2n) is 31.3. The fraction of sp³-hybridized carbons (Fsp3) is 0.953. The maximum Gasteiger partial charge on any atom is 0.472 e. The maximum atomic E-state index is 13.1. The molecule has 0 bridgehead atoms. The average Bonchev–Trinajstić information content (AvgIpc) is 0.915. The third kappa shape index (κ3) is 76.8. The summed E-state index contributed by atoms with van der Waals surface area (Å²) in [5, 5.41) is 10.7. The second kappa shape index (κ2) is 76.4. The SMILES string of the molecule is CCCCCCCCCCCCCCCCCCCCCCCCC(=O)O[C@H](COC(=O)CCCCCCCCCCCCCCCCCC)COP(=O)(O)OC[C@@H](O)COP(=O)(O)OC[C@@H](COC(=O)CCCCCCCCCCCC(C)C)OC(=O)CCCCCCCCCCCCC(C)CC. The fourth-order valence-electron chi connectivity index (χ4n) is 13.2. The van der Waals surface area contributed by atoms with E-state index >= 15 is 0 Å². The van der Waals surface area contributed by atoms with Crippen molar-refractivity contribution in [3.63, 3.8) is 0 Å². The van der Waals surface area contributed by atoms with Crippen molar-refractivity contribution < 1.29 is 80.2 Å². The van der Waals surface area contributed by atoms with Crippen molar-refractivity contribution in [3.8, 4) is 0 Å². The molecule has 0 heterocycles. The monoisotopic (exact) mass is 1520 g/mol. The van der Waals surface area contributed by atoms with Crippen molar-refractivity contribution in [2.24, 2.45) is 11.8 Å². The Balaban J connectivity index is 5.24. The second-order valence-corrected chi connectivity index (χ2v) is 34.2. The molecule has 0 aromatic carbocycles. The van der Waals surface area contributed by atoms with Crippen LogP contribution in [-0.4, -0.2) is 96.7 Å². The first-order valence-corrected chi connectivity index (χ1v) is 47.0. The minimum atomic E-state index is -4.96. The lowest BCUT2D eigenvalue weighted by molar-refractivity contribution is -0.161. The zero-order chi connectivity index (χ0) is 76.4. The maximum absolute atomic E-state index is 13.1. The third-order valence-electron chi connectivity index (χ3n) is 20.3. The zero-order valence-corrected chi connectivity index (χ0v) is 70.1. The van der Waals surface area contributed by atoms with Gasteiger partial charge in [-0.25, -0.2) is 9.13 Å². The molecule has 0 saturated carbocycles. The predicted molar refractivity (Wildman–Crippen MR) is 428 cm³/mol. The van der Waals surface area contributed by atoms with Gasteiger partial charge in [-0.15, -0.1) is 0 Å². The van der Waals surface area contributed by atoms with Crippen LogP contribution in [0.3, 0.4) is 0 Å². The molecule has 0 aliphatic rings. The summed E-state index contributed by atoms with van der Waals surface area (Å²) in [4.78, 5) is 73.2. The Morgan fingerprint density at radius 2 is 0.490 bits per heavy atom. The average molecular weight is 1520 g/mol. The summed E-state index contributed by atoms with van der Waals surface area (Å²) in [5.41, 5.74) is 0. The molecule has 17 nitrogen and oxygen atoms in total. The fourth-order valence-corrected chi connectivity index (χ4v) is 14.8. The molecule has 0 aliphatic heterocycles. The number of phosphoric acid groups is 2. The first-order valence-electron chi connectivity index (χ1n) is 44.0. The van der Waals surface area contributed by atoms with Crippen LogP contribution >= 0.6 is 15.6 Å². The van der Waals surface area contributed by atoms with Crippen LogP contribution in [0.4, 0.5) is 0 Å². The summed E-state index contributed by atoms with van der Waals surface area (Å²) in [6.45, 7) is 9.67. The van der Waals surface area contributed by atoms with E-state index in [4.69, 9.17) is 37.0 Å². The zero-order valence-electron chi connectivity index (χ0n) is 68.3. The molecule has 0 fully saturated rings. The predicted octanol–water partition coefficient (Wildman–Crippen LogP) is 25.8. The van der Waals surface area contributed by atoms with E-state index in [2.05, 4.69) is 41.5 Å². The molecule has 0 aromatic rings. The topological polar surface area (TPSA) is 237 Å². The number of esters is 4. The molecule has 0 spiro atoms. The van der Waals surface area contributed by atoms with E-state index < -0.39 is 97.5 Å². The lowest BCUT2D eigenvalue weighted by Gasteiger charge is -2.21. The van der Waals surface area contributed by atoms with Gasteiger partial charge in [0.1, 0.15) is 19.3 Å². The summed E-state index contributed by atoms with van der Waals surface area (Å²) in [7, 11) is -9.93. The van der Waals surface area contributed by atoms with Gasteiger partial charge in [0.15, 0.2) is 12.2 Å². The highest BCUT2D eigenvalue weighted by Gasteiger charge is 2.30. The normalized spacial score (nSPS) is 14.1. The quantitative estimate of drug-likeness (QED) is 0.0222. The number of phosphoric ester groups is 2. The van der Waals surface area contributed by atoms with Crippen LogP contribution in [0.2, 0.25) is 0 Å². The van der Waals surface area contributed by atoms with Gasteiger partial charge in [0, 0.05) is 25.7 Å². The van der Waals surface area contributed by atoms with Gasteiger partial charge in [0.2, 0.25) is 0 Å². The van der Waals surface area contributed by atoms with Crippen LogP contribution in [0, 0.1) is 11.8 Å². The molecule has 3 N–H and O–H groups in total. The van der Waals surface area contributed by atoms with Gasteiger partial charge < -0.3 is 33.8 Å². The standard InChI is InChI=1S/C85H166O17P2/c1-7-10-12-14-16-18-20-22-24-26-27-28-29-30-31-33-35-37-44-51-57-63-69-84(89)101-80(73-95-82(87)67-61-55-49-43-36-34-32-25-23-21-19-17-15-13-11-8-2)75-99-103(91,92)97-71-79(86)72-98-104(93,94)100-76-81(74-96-83(88)68-62-56-50-46-40-41-47-53-59-65-77(4)5)102-85(90)70-64-58-52-45-39-38-42-48-54-60-66-78(6)9-3/h77-81,86H,7-76H2,1-6H3,(H,91,92)(H,93,94)/t78?,79-,80-,81-/m1/s1. The number of hydrogen-bond donors (Lipinski definition) is 3. The van der Waals surface area contributed by atoms with Gasteiger partial charge in [-0.05, 0) is 37.5 Å². The lowest BCUT2D eigenvalue weighted by Crippen LogP contribution is -2.30. The van der Waals surface area contributed by atoms with E-state index in [9.17, 15) is 43.2 Å². The highest BCUT2D eigenvalue weighted by molar-refractivity contribution is 7.47. The Morgan fingerprint density at radius 1 is 0.279 bits per heavy atom. The van der Waals surface area contributed by atoms with Gasteiger partial charge in [0.25, 0.3) is 0 Å². The van der Waals surface area contributed by atoms with Crippen LogP contribution in [0.1, 0.15) is 452 Å². The van der Waals surface area contributed by atoms with Crippen LogP contribution in [0.5, 0.6) is 0 Å². The van der Waals surface area contributed by atoms with Gasteiger partial charge in [0.05, 0.1) is 26.4 Å². The number of aliphatic hydroxyl groups is 1. The minimum Gasteiger partial charge on any atom is -0.462 e. The number of hydrogen-bond acceptors (Lipinski definition) is 15. The highest BCUT2D eigenvalue weighted by atomic mass is 31.2. The van der Waals surface area contributed by atoms with Crippen molar-refractivity contribution in [3.05, 3.63) is 0 Å². The van der Waals surface area contributed by atoms with Crippen molar-refractivity contribution in [1.29, 1.82) is 0 Å². The molecular weight excluding hydrogens is 1350 g/mol. The van der Waals surface area contributed by atoms with Crippen molar-refractivity contribution >= 4 is 39.5 Å². The summed E-state index contributed by atoms with van der Waals surface area (Å²) >= 11 is 0. The number of carbonyl (C=O) groups excluding carboxylic acids is 4. The number of ether oxygens (including phenoxy) is 4. The first kappa shape index (κ1) is 102. The number of aliphatic hydroxyl groups excluding tert-OH is 1. The molecule has 0 aromatic heterocycles. The van der Waals surface area contributed by atoms with E-state index in [1.807, 2.05) is 0 Å². The lowest BCUT2D eigenvalue weighted by atomic mass is 9.99. The molecule has 19 heteroatoms. The first-order chi connectivity index (χ1) is 50.4. The Kier molecular flexibility index (Phi) is 75.0. The Morgan fingerprint density at radius 3 is 0.731 bits per heavy atom. The molecule has 6 atom stereocenters. The van der Waals surface area contributed by atoms with Crippen LogP contribution in [0.15, 0.2) is 0 Å². The molecule has 0 saturated heterocycles. The van der Waals surface area contributed by atoms with E-state index in [0.717, 1.165) is 102 Å². The van der Waals surface area contributed by atoms with Crippen LogP contribution < -0.4 is 0 Å². The Hall–Kier alpha value is -1.94. The van der Waals surface area contributed by atoms with Gasteiger partial charge in [-0.3, -0.25) is 37.3 Å². The summed E-state index contributed by atoms with van der Waals surface area (Å²) in [6, 6.07) is 0. The number of rotatable bonds is 84. The smallest absolute Gasteiger partial charge is 0.462 e. The van der Waals surface area contributed by atoms with Crippen molar-refractivity contribution in [2.45, 2.75) is 471 Å². The highest BCUT2D eigenvalue weighted by Crippen LogP contribution is 2.45. The van der Waals surface area contributed by atoms with E-state index in [1.165, 1.54) is 270 Å². The Labute approximate surface area is 638 Å². The van der Waals surface area contributed by atoms with E-state index in [0.29, 0.717) is 25.7 Å². The summed E-state index contributed by atoms with van der Waals surface area (Å²) in [6.07, 6.45) is 68.0. The molecule has 0 aliphatic carbocycles. The number of carbonyl (C=O) groups is 4. The molecular formula is C85H166O17P2. The van der Waals surface area contributed by atoms with Crippen LogP contribution in [-0.2, 0) is 65.4 Å². The van der Waals surface area contributed by atoms with E-state index in [-0.39, 0.29) is 25.7 Å². The van der Waals surface area contributed by atoms with E-state index in [1.54, 1.807) is 0 Å². The molecule has 0 radical (unpaired) electrons.